The van der Waals surface area contributed by atoms with Crippen LogP contribution in [0, 0.1) is 17.6 Å². The molecule has 17 heavy (non-hydrogen) atoms. The molecule has 3 atom stereocenters. The first-order valence-corrected chi connectivity index (χ1v) is 6.31. The van der Waals surface area contributed by atoms with E-state index in [0.29, 0.717) is 12.0 Å². The van der Waals surface area contributed by atoms with Gasteiger partial charge >= 0.3 is 0 Å². The molecule has 0 aromatic heterocycles. The lowest BCUT2D eigenvalue weighted by molar-refractivity contribution is 0.410. The van der Waals surface area contributed by atoms with Crippen LogP contribution >= 0.6 is 0 Å². The van der Waals surface area contributed by atoms with Gasteiger partial charge in [0.05, 0.1) is 0 Å². The Bertz CT molecular complexity index is 372. The van der Waals surface area contributed by atoms with E-state index in [1.807, 2.05) is 0 Å². The Morgan fingerprint density at radius 1 is 1.18 bits per heavy atom. The van der Waals surface area contributed by atoms with Crippen molar-refractivity contribution in [1.82, 2.24) is 5.32 Å². The molecular weight excluding hydrogens is 220 g/mol. The first kappa shape index (κ1) is 12.5. The van der Waals surface area contributed by atoms with Gasteiger partial charge in [0.25, 0.3) is 0 Å². The zero-order valence-corrected chi connectivity index (χ0v) is 10.3. The van der Waals surface area contributed by atoms with Crippen molar-refractivity contribution in [3.05, 3.63) is 35.4 Å². The molecule has 0 saturated heterocycles. The van der Waals surface area contributed by atoms with Crippen molar-refractivity contribution in [2.24, 2.45) is 5.92 Å². The Balaban J connectivity index is 2.18. The maximum atomic E-state index is 13.2. The third kappa shape index (κ3) is 2.65. The van der Waals surface area contributed by atoms with Gasteiger partial charge in [-0.15, -0.1) is 0 Å². The average Bonchev–Trinajstić information content (AvgIpc) is 2.60. The molecule has 3 unspecified atom stereocenters. The van der Waals surface area contributed by atoms with E-state index < -0.39 is 11.6 Å². The van der Waals surface area contributed by atoms with Crippen LogP contribution in [0.25, 0.3) is 0 Å². The van der Waals surface area contributed by atoms with Gasteiger partial charge in [0.1, 0.15) is 11.6 Å². The van der Waals surface area contributed by atoms with Crippen LogP contribution < -0.4 is 5.32 Å². The summed E-state index contributed by atoms with van der Waals surface area (Å²) in [5, 5.41) is 3.44. The van der Waals surface area contributed by atoms with Crippen LogP contribution in [-0.2, 0) is 0 Å². The van der Waals surface area contributed by atoms with Crippen LogP contribution in [0.3, 0.4) is 0 Å². The molecule has 2 rings (SSSR count). The minimum atomic E-state index is -0.473. The monoisotopic (exact) mass is 239 g/mol. The van der Waals surface area contributed by atoms with Crippen molar-refractivity contribution in [3.8, 4) is 0 Å². The van der Waals surface area contributed by atoms with E-state index in [0.717, 1.165) is 31.0 Å². The summed E-state index contributed by atoms with van der Waals surface area (Å²) in [6.45, 7) is 5.19. The van der Waals surface area contributed by atoms with Gasteiger partial charge in [0, 0.05) is 12.1 Å². The van der Waals surface area contributed by atoms with E-state index in [4.69, 9.17) is 0 Å². The second-order valence-electron chi connectivity index (χ2n) is 4.91. The normalized spacial score (nSPS) is 28.6. The molecule has 1 fully saturated rings. The number of hydrogen-bond acceptors (Lipinski definition) is 1. The van der Waals surface area contributed by atoms with E-state index in [-0.39, 0.29) is 5.92 Å². The fraction of sp³-hybridized carbons (Fsp3) is 0.571. The Morgan fingerprint density at radius 2 is 1.82 bits per heavy atom. The Hall–Kier alpha value is -0.960. The summed E-state index contributed by atoms with van der Waals surface area (Å²) in [6, 6.07) is 4.35. The smallest absolute Gasteiger partial charge is 0.126 e. The van der Waals surface area contributed by atoms with Crippen LogP contribution in [-0.4, -0.2) is 12.6 Å². The van der Waals surface area contributed by atoms with E-state index in [1.165, 1.54) is 12.1 Å². The SMILES string of the molecule is CCNC1CCC(c2cc(F)cc(F)c2)C1C. The average molecular weight is 239 g/mol. The Labute approximate surface area is 101 Å². The second kappa shape index (κ2) is 5.13. The molecule has 0 spiro atoms. The van der Waals surface area contributed by atoms with E-state index in [2.05, 4.69) is 19.2 Å². The standard InChI is InChI=1S/C14H19F2N/c1-3-17-14-5-4-13(9(14)2)10-6-11(15)8-12(16)7-10/h6-9,13-14,17H,3-5H2,1-2H3. The summed E-state index contributed by atoms with van der Waals surface area (Å²) in [7, 11) is 0. The quantitative estimate of drug-likeness (QED) is 0.851. The number of benzene rings is 1. The highest BCUT2D eigenvalue weighted by atomic mass is 19.1. The van der Waals surface area contributed by atoms with Gasteiger partial charge in [-0.3, -0.25) is 0 Å². The molecule has 0 aliphatic heterocycles. The largest absolute Gasteiger partial charge is 0.314 e. The van der Waals surface area contributed by atoms with Gasteiger partial charge in [-0.25, -0.2) is 8.78 Å². The molecule has 0 heterocycles. The summed E-state index contributed by atoms with van der Waals surface area (Å²) < 4.78 is 26.4. The summed E-state index contributed by atoms with van der Waals surface area (Å²) in [4.78, 5) is 0. The van der Waals surface area contributed by atoms with Gasteiger partial charge in [-0.1, -0.05) is 13.8 Å². The molecule has 1 aromatic carbocycles. The summed E-state index contributed by atoms with van der Waals surface area (Å²) in [5.41, 5.74) is 0.801. The zero-order chi connectivity index (χ0) is 12.4. The molecule has 0 bridgehead atoms. The second-order valence-corrected chi connectivity index (χ2v) is 4.91. The molecule has 1 aliphatic carbocycles. The molecule has 0 radical (unpaired) electrons. The van der Waals surface area contributed by atoms with Crippen molar-refractivity contribution in [3.63, 3.8) is 0 Å². The first-order valence-electron chi connectivity index (χ1n) is 6.31. The van der Waals surface area contributed by atoms with Crippen molar-refractivity contribution >= 4 is 0 Å². The lowest BCUT2D eigenvalue weighted by atomic mass is 9.89. The van der Waals surface area contributed by atoms with Crippen molar-refractivity contribution in [2.75, 3.05) is 6.54 Å². The highest BCUT2D eigenvalue weighted by Crippen LogP contribution is 2.39. The molecule has 1 saturated carbocycles. The van der Waals surface area contributed by atoms with Crippen molar-refractivity contribution in [1.29, 1.82) is 0 Å². The molecule has 1 nitrogen and oxygen atoms in total. The van der Waals surface area contributed by atoms with Gasteiger partial charge in [-0.2, -0.15) is 0 Å². The van der Waals surface area contributed by atoms with Crippen LogP contribution in [0.5, 0.6) is 0 Å². The van der Waals surface area contributed by atoms with E-state index in [9.17, 15) is 8.78 Å². The van der Waals surface area contributed by atoms with Crippen LogP contribution in [0.15, 0.2) is 18.2 Å². The lowest BCUT2D eigenvalue weighted by Crippen LogP contribution is -2.32. The fourth-order valence-electron chi connectivity index (χ4n) is 2.97. The molecular formula is C14H19F2N. The molecule has 1 N–H and O–H groups in total. The minimum absolute atomic E-state index is 0.268. The van der Waals surface area contributed by atoms with Crippen LogP contribution in [0.1, 0.15) is 38.2 Å². The number of rotatable bonds is 3. The van der Waals surface area contributed by atoms with Gasteiger partial charge in [0.2, 0.25) is 0 Å². The zero-order valence-electron chi connectivity index (χ0n) is 10.3. The van der Waals surface area contributed by atoms with Gasteiger partial charge in [-0.05, 0) is 48.9 Å². The summed E-state index contributed by atoms with van der Waals surface area (Å²) in [5.74, 6) is -0.251. The molecule has 1 aliphatic rings. The number of nitrogens with one attached hydrogen (secondary N) is 1. The third-order valence-corrected chi connectivity index (χ3v) is 3.84. The van der Waals surface area contributed by atoms with Gasteiger partial charge in [0.15, 0.2) is 0 Å². The maximum absolute atomic E-state index is 13.2. The minimum Gasteiger partial charge on any atom is -0.314 e. The fourth-order valence-corrected chi connectivity index (χ4v) is 2.97. The van der Waals surface area contributed by atoms with Crippen LogP contribution in [0.4, 0.5) is 8.78 Å². The predicted octanol–water partition coefficient (Wildman–Crippen LogP) is 3.46. The van der Waals surface area contributed by atoms with Crippen molar-refractivity contribution in [2.45, 2.75) is 38.6 Å². The number of halogens is 2. The van der Waals surface area contributed by atoms with Crippen LogP contribution in [0.2, 0.25) is 0 Å². The van der Waals surface area contributed by atoms with Crippen molar-refractivity contribution < 1.29 is 8.78 Å². The highest BCUT2D eigenvalue weighted by Gasteiger charge is 2.33. The molecule has 94 valence electrons. The summed E-state index contributed by atoms with van der Waals surface area (Å²) in [6.07, 6.45) is 2.08. The molecule has 1 aromatic rings. The molecule has 0 amide bonds. The first-order chi connectivity index (χ1) is 8.11. The van der Waals surface area contributed by atoms with E-state index in [1.54, 1.807) is 0 Å². The lowest BCUT2D eigenvalue weighted by Gasteiger charge is -2.21. The predicted molar refractivity (Wildman–Crippen MR) is 65.0 cm³/mol. The van der Waals surface area contributed by atoms with Gasteiger partial charge < -0.3 is 5.32 Å². The highest BCUT2D eigenvalue weighted by molar-refractivity contribution is 5.24. The topological polar surface area (TPSA) is 12.0 Å². The number of hydrogen-bond donors (Lipinski definition) is 1. The maximum Gasteiger partial charge on any atom is 0.126 e. The summed E-state index contributed by atoms with van der Waals surface area (Å²) >= 11 is 0. The molecule has 3 heteroatoms. The van der Waals surface area contributed by atoms with E-state index >= 15 is 0 Å². The third-order valence-electron chi connectivity index (χ3n) is 3.84. The Kier molecular flexibility index (Phi) is 3.77. The Morgan fingerprint density at radius 3 is 2.41 bits per heavy atom.